The summed E-state index contributed by atoms with van der Waals surface area (Å²) in [6.07, 6.45) is -1.20. The second kappa shape index (κ2) is 8.08. The topological polar surface area (TPSA) is 9.23 Å². The summed E-state index contributed by atoms with van der Waals surface area (Å²) in [5, 5.41) is 0. The van der Waals surface area contributed by atoms with E-state index in [1.165, 1.54) is 0 Å². The summed E-state index contributed by atoms with van der Waals surface area (Å²) in [5.74, 6) is 0.810. The van der Waals surface area contributed by atoms with Crippen molar-refractivity contribution in [2.45, 2.75) is 44.7 Å². The first-order valence-electron chi connectivity index (χ1n) is 6.59. The zero-order chi connectivity index (χ0) is 14.1. The van der Waals surface area contributed by atoms with Gasteiger partial charge in [0.05, 0.1) is 6.61 Å². The third-order valence-corrected chi connectivity index (χ3v) is 2.80. The molecule has 0 aliphatic carbocycles. The molecule has 1 nitrogen and oxygen atoms in total. The molecule has 107 valence electrons. The SMILES string of the molecule is [CH2]c1ccc(OCCCCCCCC(F)(F)F)cc1. The van der Waals surface area contributed by atoms with Crippen LogP contribution in [0.25, 0.3) is 0 Å². The Morgan fingerprint density at radius 2 is 1.47 bits per heavy atom. The van der Waals surface area contributed by atoms with Gasteiger partial charge in [-0.3, -0.25) is 0 Å². The number of hydrogen-bond donors (Lipinski definition) is 0. The maximum absolute atomic E-state index is 11.9. The Morgan fingerprint density at radius 1 is 0.895 bits per heavy atom. The van der Waals surface area contributed by atoms with E-state index >= 15 is 0 Å². The van der Waals surface area contributed by atoms with Crippen molar-refractivity contribution in [3.05, 3.63) is 36.8 Å². The monoisotopic (exact) mass is 273 g/mol. The molecule has 0 unspecified atom stereocenters. The van der Waals surface area contributed by atoms with E-state index in [2.05, 4.69) is 6.92 Å². The van der Waals surface area contributed by atoms with E-state index in [-0.39, 0.29) is 6.42 Å². The van der Waals surface area contributed by atoms with Gasteiger partial charge in [-0.2, -0.15) is 13.2 Å². The maximum Gasteiger partial charge on any atom is 0.389 e. The number of halogens is 3. The lowest BCUT2D eigenvalue weighted by Gasteiger charge is -2.07. The highest BCUT2D eigenvalue weighted by Gasteiger charge is 2.25. The molecule has 0 saturated carbocycles. The Hall–Kier alpha value is -1.19. The van der Waals surface area contributed by atoms with Crippen molar-refractivity contribution in [3.8, 4) is 5.75 Å². The van der Waals surface area contributed by atoms with Gasteiger partial charge in [0.2, 0.25) is 0 Å². The number of hydrogen-bond acceptors (Lipinski definition) is 1. The van der Waals surface area contributed by atoms with Crippen LogP contribution in [0.15, 0.2) is 24.3 Å². The van der Waals surface area contributed by atoms with E-state index in [9.17, 15) is 13.2 Å². The molecule has 0 bridgehead atoms. The molecule has 4 heteroatoms. The van der Waals surface area contributed by atoms with Gasteiger partial charge < -0.3 is 4.74 Å². The fourth-order valence-corrected chi connectivity index (χ4v) is 1.73. The molecule has 19 heavy (non-hydrogen) atoms. The van der Waals surface area contributed by atoms with Gasteiger partial charge >= 0.3 is 6.18 Å². The average molecular weight is 273 g/mol. The zero-order valence-corrected chi connectivity index (χ0v) is 11.0. The van der Waals surface area contributed by atoms with E-state index in [0.717, 1.165) is 30.6 Å². The lowest BCUT2D eigenvalue weighted by molar-refractivity contribution is -0.135. The van der Waals surface area contributed by atoms with Gasteiger partial charge in [-0.25, -0.2) is 0 Å². The molecule has 0 saturated heterocycles. The Balaban J connectivity index is 1.95. The summed E-state index contributed by atoms with van der Waals surface area (Å²) < 4.78 is 41.1. The van der Waals surface area contributed by atoms with Crippen molar-refractivity contribution in [1.82, 2.24) is 0 Å². The molecule has 0 heterocycles. The van der Waals surface area contributed by atoms with E-state index in [1.807, 2.05) is 24.3 Å². The lowest BCUT2D eigenvalue weighted by atomic mass is 10.1. The van der Waals surface area contributed by atoms with Crippen LogP contribution in [0.3, 0.4) is 0 Å². The molecule has 1 radical (unpaired) electrons. The van der Waals surface area contributed by atoms with Gasteiger partial charge in [0.1, 0.15) is 5.75 Å². The molecule has 0 fully saturated rings. The van der Waals surface area contributed by atoms with Crippen LogP contribution in [0.5, 0.6) is 5.75 Å². The smallest absolute Gasteiger partial charge is 0.389 e. The van der Waals surface area contributed by atoms with Gasteiger partial charge in [0.25, 0.3) is 0 Å². The Labute approximate surface area is 112 Å². The van der Waals surface area contributed by atoms with Crippen LogP contribution in [-0.2, 0) is 0 Å². The number of unbranched alkanes of at least 4 members (excludes halogenated alkanes) is 4. The van der Waals surface area contributed by atoms with E-state index < -0.39 is 12.6 Å². The van der Waals surface area contributed by atoms with Gasteiger partial charge in [-0.1, -0.05) is 31.4 Å². The van der Waals surface area contributed by atoms with Crippen LogP contribution in [0.2, 0.25) is 0 Å². The van der Waals surface area contributed by atoms with Crippen LogP contribution in [0.1, 0.15) is 44.1 Å². The Morgan fingerprint density at radius 3 is 2.11 bits per heavy atom. The molecule has 0 N–H and O–H groups in total. The number of ether oxygens (including phenoxy) is 1. The van der Waals surface area contributed by atoms with Crippen molar-refractivity contribution in [2.75, 3.05) is 6.61 Å². The number of rotatable bonds is 8. The zero-order valence-electron chi connectivity index (χ0n) is 11.0. The summed E-state index contributed by atoms with van der Waals surface area (Å²) in [6.45, 7) is 4.39. The molecule has 0 aliphatic rings. The molecule has 0 aromatic heterocycles. The Bertz CT molecular complexity index is 343. The quantitative estimate of drug-likeness (QED) is 0.595. The normalized spacial score (nSPS) is 11.6. The van der Waals surface area contributed by atoms with Crippen molar-refractivity contribution in [2.24, 2.45) is 0 Å². The third kappa shape index (κ3) is 8.51. The van der Waals surface area contributed by atoms with Gasteiger partial charge in [0, 0.05) is 6.42 Å². The van der Waals surface area contributed by atoms with Crippen molar-refractivity contribution >= 4 is 0 Å². The minimum atomic E-state index is -4.01. The molecule has 1 aromatic carbocycles. The third-order valence-electron chi connectivity index (χ3n) is 2.80. The first-order valence-corrected chi connectivity index (χ1v) is 6.59. The van der Waals surface area contributed by atoms with Crippen molar-refractivity contribution in [1.29, 1.82) is 0 Å². The van der Waals surface area contributed by atoms with Crippen LogP contribution >= 0.6 is 0 Å². The van der Waals surface area contributed by atoms with Gasteiger partial charge in [-0.05, 0) is 37.5 Å². The maximum atomic E-state index is 11.9. The summed E-state index contributed by atoms with van der Waals surface area (Å²) in [5.41, 5.74) is 0.942. The van der Waals surface area contributed by atoms with E-state index in [0.29, 0.717) is 13.0 Å². The highest BCUT2D eigenvalue weighted by Crippen LogP contribution is 2.23. The summed E-state index contributed by atoms with van der Waals surface area (Å²) in [4.78, 5) is 0. The standard InChI is InChI=1S/C15H20F3O/c1-13-7-9-14(10-8-13)19-12-6-4-2-3-5-11-15(16,17)18/h7-10H,1-6,11-12H2. The fraction of sp³-hybridized carbons (Fsp3) is 0.533. The first-order chi connectivity index (χ1) is 8.97. The highest BCUT2D eigenvalue weighted by atomic mass is 19.4. The molecular formula is C15H20F3O. The molecule has 0 amide bonds. The van der Waals surface area contributed by atoms with Gasteiger partial charge in [0.15, 0.2) is 0 Å². The summed E-state index contributed by atoms with van der Waals surface area (Å²) in [7, 11) is 0. The second-order valence-corrected chi connectivity index (χ2v) is 4.63. The highest BCUT2D eigenvalue weighted by molar-refractivity contribution is 5.28. The minimum Gasteiger partial charge on any atom is -0.494 e. The number of alkyl halides is 3. The average Bonchev–Trinajstić information content (AvgIpc) is 2.33. The van der Waals surface area contributed by atoms with E-state index in [4.69, 9.17) is 4.74 Å². The lowest BCUT2D eigenvalue weighted by Crippen LogP contribution is -2.06. The summed E-state index contributed by atoms with van der Waals surface area (Å²) in [6, 6.07) is 7.50. The molecule has 0 spiro atoms. The van der Waals surface area contributed by atoms with Crippen LogP contribution in [0.4, 0.5) is 13.2 Å². The van der Waals surface area contributed by atoms with Crippen molar-refractivity contribution < 1.29 is 17.9 Å². The predicted octanol–water partition coefficient (Wildman–Crippen LogP) is 5.15. The fourth-order valence-electron chi connectivity index (χ4n) is 1.73. The van der Waals surface area contributed by atoms with Gasteiger partial charge in [-0.15, -0.1) is 0 Å². The largest absolute Gasteiger partial charge is 0.494 e. The number of benzene rings is 1. The predicted molar refractivity (Wildman–Crippen MR) is 70.2 cm³/mol. The van der Waals surface area contributed by atoms with Crippen LogP contribution < -0.4 is 4.74 Å². The van der Waals surface area contributed by atoms with Crippen LogP contribution in [0, 0.1) is 6.92 Å². The minimum absolute atomic E-state index is 0.231. The molecule has 1 aromatic rings. The van der Waals surface area contributed by atoms with Crippen LogP contribution in [-0.4, -0.2) is 12.8 Å². The first kappa shape index (κ1) is 15.9. The molecule has 0 atom stereocenters. The van der Waals surface area contributed by atoms with Crippen molar-refractivity contribution in [3.63, 3.8) is 0 Å². The molecule has 1 rings (SSSR count). The Kier molecular flexibility index (Phi) is 6.74. The summed E-state index contributed by atoms with van der Waals surface area (Å²) >= 11 is 0. The molecule has 0 aliphatic heterocycles. The molecular weight excluding hydrogens is 253 g/mol. The second-order valence-electron chi connectivity index (χ2n) is 4.63. The van der Waals surface area contributed by atoms with E-state index in [1.54, 1.807) is 0 Å².